The average molecular weight is 137 g/mol. The summed E-state index contributed by atoms with van der Waals surface area (Å²) < 4.78 is 0. The van der Waals surface area contributed by atoms with Crippen LogP contribution in [0.25, 0.3) is 0 Å². The number of unbranched alkanes of at least 4 members (excludes halogenated alkanes) is 3. The Morgan fingerprint density at radius 3 is 2.60 bits per heavy atom. The van der Waals surface area contributed by atoms with Crippen molar-refractivity contribution in [3.05, 3.63) is 0 Å². The van der Waals surface area contributed by atoms with Gasteiger partial charge >= 0.3 is 0 Å². The van der Waals surface area contributed by atoms with Crippen molar-refractivity contribution in [2.45, 2.75) is 44.9 Å². The van der Waals surface area contributed by atoms with Crippen LogP contribution >= 0.6 is 0 Å². The fourth-order valence-electron chi connectivity index (χ4n) is 1.22. The van der Waals surface area contributed by atoms with Crippen LogP contribution in [-0.2, 0) is 0 Å². The summed E-state index contributed by atoms with van der Waals surface area (Å²) >= 11 is 0. The molecule has 1 aliphatic rings. The summed E-state index contributed by atoms with van der Waals surface area (Å²) in [5, 5.41) is 8.24. The highest BCUT2D eigenvalue weighted by Gasteiger charge is 2.19. The summed E-state index contributed by atoms with van der Waals surface area (Å²) in [6.45, 7) is 0. The predicted octanol–water partition coefficient (Wildman–Crippen LogP) is 2.87. The van der Waals surface area contributed by atoms with Gasteiger partial charge in [-0.05, 0) is 12.3 Å². The van der Waals surface area contributed by atoms with Crippen molar-refractivity contribution in [2.75, 3.05) is 0 Å². The molecule has 0 aromatic rings. The second kappa shape index (κ2) is 4.33. The quantitative estimate of drug-likeness (QED) is 0.534. The first kappa shape index (κ1) is 7.60. The van der Waals surface area contributed by atoms with Crippen molar-refractivity contribution >= 4 is 0 Å². The molecule has 10 heavy (non-hydrogen) atoms. The van der Waals surface area contributed by atoms with Gasteiger partial charge in [0.15, 0.2) is 0 Å². The highest BCUT2D eigenvalue weighted by molar-refractivity contribution is 4.73. The van der Waals surface area contributed by atoms with Gasteiger partial charge in [-0.25, -0.2) is 0 Å². The maximum absolute atomic E-state index is 8.24. The van der Waals surface area contributed by atoms with E-state index >= 15 is 0 Å². The van der Waals surface area contributed by atoms with Crippen molar-refractivity contribution in [3.8, 4) is 6.07 Å². The monoisotopic (exact) mass is 137 g/mol. The van der Waals surface area contributed by atoms with Crippen LogP contribution in [-0.4, -0.2) is 0 Å². The number of hydrogen-bond acceptors (Lipinski definition) is 1. The Morgan fingerprint density at radius 2 is 2.00 bits per heavy atom. The minimum Gasteiger partial charge on any atom is -0.198 e. The summed E-state index contributed by atoms with van der Waals surface area (Å²) in [4.78, 5) is 0. The molecule has 0 bridgehead atoms. The van der Waals surface area contributed by atoms with Gasteiger partial charge in [-0.1, -0.05) is 32.1 Å². The number of nitrogens with zero attached hydrogens (tertiary/aromatic N) is 1. The van der Waals surface area contributed by atoms with Crippen molar-refractivity contribution < 1.29 is 0 Å². The standard InChI is InChI=1S/C9H15N/c10-8-4-2-1-3-5-9-6-7-9/h9H,1-7H2. The third kappa shape index (κ3) is 3.50. The first-order chi connectivity index (χ1) is 4.93. The summed E-state index contributed by atoms with van der Waals surface area (Å²) in [6.07, 6.45) is 8.85. The van der Waals surface area contributed by atoms with Gasteiger partial charge in [0.05, 0.1) is 6.07 Å². The first-order valence-electron chi connectivity index (χ1n) is 4.30. The van der Waals surface area contributed by atoms with E-state index in [2.05, 4.69) is 6.07 Å². The first-order valence-corrected chi connectivity index (χ1v) is 4.30. The van der Waals surface area contributed by atoms with Gasteiger partial charge in [0, 0.05) is 6.42 Å². The van der Waals surface area contributed by atoms with Gasteiger partial charge in [-0.15, -0.1) is 0 Å². The van der Waals surface area contributed by atoms with Gasteiger partial charge in [0.1, 0.15) is 0 Å². The molecule has 0 radical (unpaired) electrons. The SMILES string of the molecule is N#CCCCCCC1CC1. The molecule has 0 saturated heterocycles. The van der Waals surface area contributed by atoms with Gasteiger partial charge < -0.3 is 0 Å². The van der Waals surface area contributed by atoms with E-state index < -0.39 is 0 Å². The molecule has 1 nitrogen and oxygen atoms in total. The summed E-state index contributed by atoms with van der Waals surface area (Å²) in [6, 6.07) is 2.17. The Hall–Kier alpha value is -0.510. The fraction of sp³-hybridized carbons (Fsp3) is 0.889. The molecule has 56 valence electrons. The lowest BCUT2D eigenvalue weighted by molar-refractivity contribution is 0.608. The Kier molecular flexibility index (Phi) is 3.29. The molecule has 0 aromatic heterocycles. The van der Waals surface area contributed by atoms with Gasteiger partial charge in [0.25, 0.3) is 0 Å². The lowest BCUT2D eigenvalue weighted by atomic mass is 10.1. The lowest BCUT2D eigenvalue weighted by Crippen LogP contribution is -1.78. The van der Waals surface area contributed by atoms with Crippen LogP contribution in [0, 0.1) is 17.2 Å². The molecule has 1 rings (SSSR count). The molecule has 0 N–H and O–H groups in total. The van der Waals surface area contributed by atoms with E-state index in [-0.39, 0.29) is 0 Å². The smallest absolute Gasteiger partial charge is 0.0621 e. The van der Waals surface area contributed by atoms with Crippen LogP contribution in [0.3, 0.4) is 0 Å². The van der Waals surface area contributed by atoms with Crippen LogP contribution in [0.4, 0.5) is 0 Å². The summed E-state index contributed by atoms with van der Waals surface area (Å²) in [5.41, 5.74) is 0. The van der Waals surface area contributed by atoms with E-state index in [1.165, 1.54) is 32.1 Å². The second-order valence-electron chi connectivity index (χ2n) is 3.20. The summed E-state index contributed by atoms with van der Waals surface area (Å²) in [7, 11) is 0. The zero-order valence-electron chi connectivity index (χ0n) is 6.47. The Morgan fingerprint density at radius 1 is 1.20 bits per heavy atom. The second-order valence-corrected chi connectivity index (χ2v) is 3.20. The molecule has 0 amide bonds. The molecule has 1 aliphatic carbocycles. The number of nitriles is 1. The molecular weight excluding hydrogens is 122 g/mol. The minimum atomic E-state index is 0.755. The lowest BCUT2D eigenvalue weighted by Gasteiger charge is -1.94. The number of hydrogen-bond donors (Lipinski definition) is 0. The van der Waals surface area contributed by atoms with E-state index in [0.29, 0.717) is 0 Å². The van der Waals surface area contributed by atoms with Crippen molar-refractivity contribution in [3.63, 3.8) is 0 Å². The molecule has 0 heterocycles. The maximum atomic E-state index is 8.24. The Bertz CT molecular complexity index is 119. The van der Waals surface area contributed by atoms with Crippen LogP contribution in [0.1, 0.15) is 44.9 Å². The highest BCUT2D eigenvalue weighted by atomic mass is 14.3. The fourth-order valence-corrected chi connectivity index (χ4v) is 1.22. The molecular formula is C9H15N. The maximum Gasteiger partial charge on any atom is 0.0621 e. The molecule has 0 aromatic carbocycles. The van der Waals surface area contributed by atoms with E-state index in [0.717, 1.165) is 18.8 Å². The van der Waals surface area contributed by atoms with Crippen LogP contribution in [0.5, 0.6) is 0 Å². The molecule has 0 unspecified atom stereocenters. The van der Waals surface area contributed by atoms with E-state index in [1.54, 1.807) is 0 Å². The molecule has 0 spiro atoms. The van der Waals surface area contributed by atoms with Gasteiger partial charge in [-0.2, -0.15) is 5.26 Å². The molecule has 1 saturated carbocycles. The Labute approximate surface area is 63.0 Å². The van der Waals surface area contributed by atoms with Crippen molar-refractivity contribution in [1.29, 1.82) is 5.26 Å². The summed E-state index contributed by atoms with van der Waals surface area (Å²) in [5.74, 6) is 1.07. The van der Waals surface area contributed by atoms with Crippen LogP contribution in [0.15, 0.2) is 0 Å². The zero-order valence-corrected chi connectivity index (χ0v) is 6.47. The van der Waals surface area contributed by atoms with Gasteiger partial charge in [0.2, 0.25) is 0 Å². The van der Waals surface area contributed by atoms with E-state index in [9.17, 15) is 0 Å². The van der Waals surface area contributed by atoms with Gasteiger partial charge in [-0.3, -0.25) is 0 Å². The predicted molar refractivity (Wildman–Crippen MR) is 41.4 cm³/mol. The van der Waals surface area contributed by atoms with E-state index in [4.69, 9.17) is 5.26 Å². The van der Waals surface area contributed by atoms with Crippen molar-refractivity contribution in [1.82, 2.24) is 0 Å². The Balaban J connectivity index is 1.73. The molecule has 0 atom stereocenters. The molecule has 1 fully saturated rings. The average Bonchev–Trinajstić information content (AvgIpc) is 2.71. The van der Waals surface area contributed by atoms with Crippen molar-refractivity contribution in [2.24, 2.45) is 5.92 Å². The highest BCUT2D eigenvalue weighted by Crippen LogP contribution is 2.33. The third-order valence-electron chi connectivity index (χ3n) is 2.10. The van der Waals surface area contributed by atoms with Crippen LogP contribution in [0.2, 0.25) is 0 Å². The normalized spacial score (nSPS) is 16.7. The number of rotatable bonds is 5. The molecule has 0 aliphatic heterocycles. The van der Waals surface area contributed by atoms with E-state index in [1.807, 2.05) is 0 Å². The topological polar surface area (TPSA) is 23.8 Å². The zero-order chi connectivity index (χ0) is 7.23. The van der Waals surface area contributed by atoms with Crippen LogP contribution < -0.4 is 0 Å². The molecule has 1 heteroatoms. The largest absolute Gasteiger partial charge is 0.198 e. The third-order valence-corrected chi connectivity index (χ3v) is 2.10. The minimum absolute atomic E-state index is 0.755.